The summed E-state index contributed by atoms with van der Waals surface area (Å²) in [6.07, 6.45) is 0. The van der Waals surface area contributed by atoms with Gasteiger partial charge in [0, 0.05) is 33.1 Å². The van der Waals surface area contributed by atoms with E-state index in [9.17, 15) is 9.59 Å². The molecule has 0 aliphatic rings. The molecule has 0 bridgehead atoms. The van der Waals surface area contributed by atoms with E-state index in [0.717, 1.165) is 5.56 Å². The molecule has 10 heteroatoms. The number of hydrogen-bond acceptors (Lipinski definition) is 4. The molecule has 0 spiro atoms. The van der Waals surface area contributed by atoms with Crippen molar-refractivity contribution in [1.82, 2.24) is 24.7 Å². The van der Waals surface area contributed by atoms with E-state index in [1.54, 1.807) is 68.4 Å². The van der Waals surface area contributed by atoms with Gasteiger partial charge in [-0.3, -0.25) is 19.8 Å². The average molecular weight is 572 g/mol. The Morgan fingerprint density at radius 3 is 1.68 bits per heavy atom. The van der Waals surface area contributed by atoms with Gasteiger partial charge in [0.05, 0.1) is 28.4 Å². The molecule has 3 aromatic heterocycles. The highest BCUT2D eigenvalue weighted by Gasteiger charge is 2.34. The van der Waals surface area contributed by atoms with E-state index in [4.69, 9.17) is 27.7 Å². The fourth-order valence-electron chi connectivity index (χ4n) is 4.94. The Kier molecular flexibility index (Phi) is 6.57. The third kappa shape index (κ3) is 4.51. The van der Waals surface area contributed by atoms with Crippen molar-refractivity contribution in [3.63, 3.8) is 0 Å². The Morgan fingerprint density at radius 1 is 0.725 bits per heavy atom. The predicted molar refractivity (Wildman–Crippen MR) is 155 cm³/mol. The Hall–Kier alpha value is -4.53. The highest BCUT2D eigenvalue weighted by molar-refractivity contribution is 6.30. The minimum atomic E-state index is -0.848. The van der Waals surface area contributed by atoms with E-state index in [1.807, 2.05) is 30.3 Å². The molecule has 40 heavy (non-hydrogen) atoms. The molecule has 6 rings (SSSR count). The van der Waals surface area contributed by atoms with Crippen LogP contribution in [-0.2, 0) is 0 Å². The van der Waals surface area contributed by atoms with Gasteiger partial charge in [0.25, 0.3) is 11.1 Å². The zero-order chi connectivity index (χ0) is 28.0. The van der Waals surface area contributed by atoms with Crippen LogP contribution in [0.1, 0.15) is 34.2 Å². The number of aromatic amines is 2. The van der Waals surface area contributed by atoms with Crippen molar-refractivity contribution in [3.05, 3.63) is 144 Å². The van der Waals surface area contributed by atoms with Crippen LogP contribution in [0, 0.1) is 13.8 Å². The van der Waals surface area contributed by atoms with Crippen molar-refractivity contribution in [1.29, 1.82) is 0 Å². The highest BCUT2D eigenvalue weighted by Crippen LogP contribution is 2.34. The predicted octanol–water partition coefficient (Wildman–Crippen LogP) is 6.40. The number of halogens is 2. The molecular formula is C30H23Cl2N5O3. The van der Waals surface area contributed by atoms with Gasteiger partial charge in [-0.1, -0.05) is 58.7 Å². The van der Waals surface area contributed by atoms with Crippen LogP contribution in [-0.4, -0.2) is 24.7 Å². The summed E-state index contributed by atoms with van der Waals surface area (Å²) < 4.78 is 8.73. The largest absolute Gasteiger partial charge is 0.360 e. The summed E-state index contributed by atoms with van der Waals surface area (Å²) >= 11 is 12.1. The van der Waals surface area contributed by atoms with Crippen molar-refractivity contribution < 1.29 is 4.52 Å². The second-order valence-electron chi connectivity index (χ2n) is 9.45. The Balaban J connectivity index is 1.57. The SMILES string of the molecule is Cc1[nH]n(-c2ccc(Cl)cc2)c(=O)c1C(c1cc(-c2ccccc2)no1)c1c(C)[nH]n(-c2ccc(Cl)cc2)c1=O. The molecule has 0 atom stereocenters. The summed E-state index contributed by atoms with van der Waals surface area (Å²) in [4.78, 5) is 28.0. The average Bonchev–Trinajstić information content (AvgIpc) is 3.64. The number of aromatic nitrogens is 5. The normalized spacial score (nSPS) is 11.4. The van der Waals surface area contributed by atoms with Crippen LogP contribution in [0.15, 0.2) is 99.0 Å². The van der Waals surface area contributed by atoms with Gasteiger partial charge >= 0.3 is 0 Å². The van der Waals surface area contributed by atoms with Gasteiger partial charge in [-0.05, 0) is 62.4 Å². The second-order valence-corrected chi connectivity index (χ2v) is 10.3. The lowest BCUT2D eigenvalue weighted by molar-refractivity contribution is 0.381. The van der Waals surface area contributed by atoms with Crippen LogP contribution in [0.5, 0.6) is 0 Å². The van der Waals surface area contributed by atoms with E-state index < -0.39 is 5.92 Å². The number of rotatable bonds is 6. The summed E-state index contributed by atoms with van der Waals surface area (Å²) in [5.41, 5.74) is 3.93. The number of aryl methyl sites for hydroxylation is 2. The molecule has 0 unspecified atom stereocenters. The van der Waals surface area contributed by atoms with Crippen LogP contribution in [0.25, 0.3) is 22.6 Å². The first-order chi connectivity index (χ1) is 19.3. The number of H-pyrrole nitrogens is 2. The standard InChI is InChI=1S/C30H23Cl2N5O3/c1-17-26(29(38)36(33-17)22-12-8-20(31)9-13-22)28(25-16-24(35-40-25)19-6-4-3-5-7-19)27-18(2)34-37(30(27)39)23-14-10-21(32)11-15-23/h3-16,28,33-34H,1-2H3. The van der Waals surface area contributed by atoms with E-state index in [-0.39, 0.29) is 11.1 Å². The molecule has 0 saturated carbocycles. The van der Waals surface area contributed by atoms with E-state index in [1.165, 1.54) is 9.36 Å². The van der Waals surface area contributed by atoms with Gasteiger partial charge in [-0.2, -0.15) is 0 Å². The molecule has 3 aromatic carbocycles. The summed E-state index contributed by atoms with van der Waals surface area (Å²) in [6.45, 7) is 3.59. The number of nitrogens with zero attached hydrogens (tertiary/aromatic N) is 3. The van der Waals surface area contributed by atoms with E-state index in [0.29, 0.717) is 55.4 Å². The number of benzene rings is 3. The minimum absolute atomic E-state index is 0.319. The maximum absolute atomic E-state index is 14.0. The smallest absolute Gasteiger partial charge is 0.275 e. The van der Waals surface area contributed by atoms with Gasteiger partial charge < -0.3 is 4.52 Å². The molecule has 8 nitrogen and oxygen atoms in total. The minimum Gasteiger partial charge on any atom is -0.360 e. The maximum Gasteiger partial charge on any atom is 0.275 e. The van der Waals surface area contributed by atoms with Crippen LogP contribution in [0.4, 0.5) is 0 Å². The van der Waals surface area contributed by atoms with Crippen molar-refractivity contribution in [2.75, 3.05) is 0 Å². The van der Waals surface area contributed by atoms with Crippen molar-refractivity contribution >= 4 is 23.2 Å². The summed E-state index contributed by atoms with van der Waals surface area (Å²) in [5.74, 6) is -0.483. The van der Waals surface area contributed by atoms with Crippen LogP contribution in [0.3, 0.4) is 0 Å². The Bertz CT molecular complexity index is 1820. The van der Waals surface area contributed by atoms with E-state index in [2.05, 4.69) is 15.4 Å². The first kappa shape index (κ1) is 25.7. The lowest BCUT2D eigenvalue weighted by Crippen LogP contribution is -2.25. The Labute approximate surface area is 238 Å². The fourth-order valence-corrected chi connectivity index (χ4v) is 5.19. The number of nitrogens with one attached hydrogen (secondary N) is 2. The van der Waals surface area contributed by atoms with Gasteiger partial charge in [-0.25, -0.2) is 9.36 Å². The zero-order valence-corrected chi connectivity index (χ0v) is 23.0. The third-order valence-electron chi connectivity index (χ3n) is 6.86. The van der Waals surface area contributed by atoms with Gasteiger partial charge in [0.15, 0.2) is 0 Å². The monoisotopic (exact) mass is 571 g/mol. The molecule has 0 aliphatic heterocycles. The van der Waals surface area contributed by atoms with Crippen molar-refractivity contribution in [2.24, 2.45) is 0 Å². The molecule has 6 aromatic rings. The van der Waals surface area contributed by atoms with Crippen molar-refractivity contribution in [3.8, 4) is 22.6 Å². The van der Waals surface area contributed by atoms with E-state index >= 15 is 0 Å². The molecule has 2 N–H and O–H groups in total. The number of hydrogen-bond donors (Lipinski definition) is 2. The van der Waals surface area contributed by atoms with Gasteiger partial charge in [0.1, 0.15) is 11.5 Å². The lowest BCUT2D eigenvalue weighted by atomic mass is 9.89. The molecule has 0 radical (unpaired) electrons. The maximum atomic E-state index is 14.0. The fraction of sp³-hybridized carbons (Fsp3) is 0.100. The van der Waals surface area contributed by atoms with Crippen LogP contribution >= 0.6 is 23.2 Å². The van der Waals surface area contributed by atoms with Crippen molar-refractivity contribution in [2.45, 2.75) is 19.8 Å². The second kappa shape index (κ2) is 10.2. The first-order valence-electron chi connectivity index (χ1n) is 12.5. The topological polar surface area (TPSA) is 102 Å². The zero-order valence-electron chi connectivity index (χ0n) is 21.5. The molecular weight excluding hydrogens is 549 g/mol. The van der Waals surface area contributed by atoms with Crippen LogP contribution < -0.4 is 11.1 Å². The van der Waals surface area contributed by atoms with Gasteiger partial charge in [-0.15, -0.1) is 0 Å². The third-order valence-corrected chi connectivity index (χ3v) is 7.37. The summed E-state index contributed by atoms with van der Waals surface area (Å²) in [6, 6.07) is 25.2. The molecule has 0 saturated heterocycles. The lowest BCUT2D eigenvalue weighted by Gasteiger charge is -2.11. The molecule has 200 valence electrons. The van der Waals surface area contributed by atoms with Crippen LogP contribution in [0.2, 0.25) is 10.0 Å². The Morgan fingerprint density at radius 2 is 1.20 bits per heavy atom. The molecule has 0 amide bonds. The molecule has 0 aliphatic carbocycles. The first-order valence-corrected chi connectivity index (χ1v) is 13.2. The molecule has 0 fully saturated rings. The molecule has 3 heterocycles. The quantitative estimate of drug-likeness (QED) is 0.241. The van der Waals surface area contributed by atoms with Gasteiger partial charge in [0.2, 0.25) is 0 Å². The highest BCUT2D eigenvalue weighted by atomic mass is 35.5. The summed E-state index contributed by atoms with van der Waals surface area (Å²) in [5, 5.41) is 11.7. The summed E-state index contributed by atoms with van der Waals surface area (Å²) in [7, 11) is 0.